The Balaban J connectivity index is 1.92. The fourth-order valence-electron chi connectivity index (χ4n) is 3.02. The van der Waals surface area contributed by atoms with Crippen LogP contribution in [0.4, 0.5) is 5.69 Å². The van der Waals surface area contributed by atoms with Crippen LogP contribution in [0.3, 0.4) is 0 Å². The minimum atomic E-state index is 0.0551. The molecule has 118 valence electrons. The Kier molecular flexibility index (Phi) is 4.26. The molecule has 1 aliphatic heterocycles. The van der Waals surface area contributed by atoms with Crippen LogP contribution in [0, 0.1) is 5.92 Å². The van der Waals surface area contributed by atoms with Crippen molar-refractivity contribution in [1.29, 1.82) is 0 Å². The van der Waals surface area contributed by atoms with Crippen LogP contribution in [0.2, 0.25) is 0 Å². The molecule has 3 heterocycles. The van der Waals surface area contributed by atoms with E-state index in [1.807, 2.05) is 11.9 Å². The van der Waals surface area contributed by atoms with Gasteiger partial charge in [0.05, 0.1) is 5.69 Å². The molecule has 3 rings (SSSR count). The van der Waals surface area contributed by atoms with Gasteiger partial charge in [0.1, 0.15) is 15.2 Å². The van der Waals surface area contributed by atoms with Gasteiger partial charge in [-0.2, -0.15) is 0 Å². The van der Waals surface area contributed by atoms with Gasteiger partial charge in [0, 0.05) is 38.6 Å². The van der Waals surface area contributed by atoms with Gasteiger partial charge >= 0.3 is 0 Å². The third-order valence-electron chi connectivity index (χ3n) is 4.38. The molecule has 1 fully saturated rings. The van der Waals surface area contributed by atoms with Crippen molar-refractivity contribution in [2.45, 2.75) is 25.8 Å². The summed E-state index contributed by atoms with van der Waals surface area (Å²) in [6, 6.07) is 0.198. The van der Waals surface area contributed by atoms with Crippen molar-refractivity contribution in [2.75, 3.05) is 25.5 Å². The number of nitrogens with zero attached hydrogens (tertiary/aromatic N) is 3. The molecule has 1 saturated heterocycles. The molecule has 7 heteroatoms. The summed E-state index contributed by atoms with van der Waals surface area (Å²) in [5, 5.41) is 3.11. The highest BCUT2D eigenvalue weighted by molar-refractivity contribution is 7.21. The van der Waals surface area contributed by atoms with Gasteiger partial charge in [-0.25, -0.2) is 9.97 Å². The zero-order chi connectivity index (χ0) is 15.7. The molecule has 2 unspecified atom stereocenters. The standard InChI is InChI=1S/C15H21N5OS/c1-3-9-8-20(7-4-10(9)16)15(21)13-11(17-2)12-14(22-13)19-6-5-18-12/h5-6,9-10,17H,3-4,7-8,16H2,1-2H3. The first-order chi connectivity index (χ1) is 10.7. The first-order valence-electron chi connectivity index (χ1n) is 7.61. The zero-order valence-electron chi connectivity index (χ0n) is 12.9. The third-order valence-corrected chi connectivity index (χ3v) is 5.45. The number of nitrogens with two attached hydrogens (primary N) is 1. The second kappa shape index (κ2) is 6.18. The Morgan fingerprint density at radius 2 is 2.27 bits per heavy atom. The number of carbonyl (C=O) groups is 1. The number of fused-ring (bicyclic) bond motifs is 1. The topological polar surface area (TPSA) is 84.1 Å². The molecule has 0 bridgehead atoms. The first-order valence-corrected chi connectivity index (χ1v) is 8.43. The SMILES string of the molecule is CCC1CN(C(=O)c2sc3nccnc3c2NC)CCC1N. The summed E-state index contributed by atoms with van der Waals surface area (Å²) in [7, 11) is 1.81. The quantitative estimate of drug-likeness (QED) is 0.903. The predicted molar refractivity (Wildman–Crippen MR) is 89.2 cm³/mol. The molecule has 2 aromatic heterocycles. The molecule has 0 radical (unpaired) electrons. The van der Waals surface area contributed by atoms with Crippen molar-refractivity contribution in [1.82, 2.24) is 14.9 Å². The highest BCUT2D eigenvalue weighted by Crippen LogP contribution is 2.34. The lowest BCUT2D eigenvalue weighted by Crippen LogP contribution is -2.48. The van der Waals surface area contributed by atoms with Gasteiger partial charge in [-0.3, -0.25) is 4.79 Å². The molecule has 2 atom stereocenters. The lowest BCUT2D eigenvalue weighted by atomic mass is 9.90. The maximum absolute atomic E-state index is 12.9. The van der Waals surface area contributed by atoms with E-state index in [1.165, 1.54) is 11.3 Å². The Bertz CT molecular complexity index is 686. The van der Waals surface area contributed by atoms with E-state index in [9.17, 15) is 4.79 Å². The molecule has 3 N–H and O–H groups in total. The van der Waals surface area contributed by atoms with E-state index in [4.69, 9.17) is 5.73 Å². The number of piperidine rings is 1. The molecule has 0 aromatic carbocycles. The van der Waals surface area contributed by atoms with Gasteiger partial charge < -0.3 is 16.0 Å². The second-order valence-corrected chi connectivity index (χ2v) is 6.64. The number of rotatable bonds is 3. The highest BCUT2D eigenvalue weighted by Gasteiger charge is 2.31. The van der Waals surface area contributed by atoms with Crippen LogP contribution in [-0.2, 0) is 0 Å². The highest BCUT2D eigenvalue weighted by atomic mass is 32.1. The van der Waals surface area contributed by atoms with E-state index in [0.29, 0.717) is 10.8 Å². The van der Waals surface area contributed by atoms with Gasteiger partial charge in [0.25, 0.3) is 5.91 Å². The first kappa shape index (κ1) is 15.2. The van der Waals surface area contributed by atoms with E-state index >= 15 is 0 Å². The summed E-state index contributed by atoms with van der Waals surface area (Å²) in [6.07, 6.45) is 5.16. The zero-order valence-corrected chi connectivity index (χ0v) is 13.7. The lowest BCUT2D eigenvalue weighted by Gasteiger charge is -2.36. The fourth-order valence-corrected chi connectivity index (χ4v) is 4.10. The molecule has 6 nitrogen and oxygen atoms in total. The number of anilines is 1. The number of aromatic nitrogens is 2. The van der Waals surface area contributed by atoms with Gasteiger partial charge in [-0.1, -0.05) is 13.3 Å². The van der Waals surface area contributed by atoms with Gasteiger partial charge in [0.2, 0.25) is 0 Å². The van der Waals surface area contributed by atoms with Crippen molar-refractivity contribution < 1.29 is 4.79 Å². The molecule has 0 saturated carbocycles. The summed E-state index contributed by atoms with van der Waals surface area (Å²) in [5.41, 5.74) is 7.68. The fraction of sp³-hybridized carbons (Fsp3) is 0.533. The van der Waals surface area contributed by atoms with Crippen LogP contribution in [-0.4, -0.2) is 47.0 Å². The normalized spacial score (nSPS) is 22.0. The second-order valence-electron chi connectivity index (χ2n) is 5.64. The van der Waals surface area contributed by atoms with E-state index in [-0.39, 0.29) is 11.9 Å². The molecule has 1 amide bonds. The number of likely N-dealkylation sites (tertiary alicyclic amines) is 1. The monoisotopic (exact) mass is 319 g/mol. The maximum atomic E-state index is 12.9. The average Bonchev–Trinajstić information content (AvgIpc) is 2.93. The van der Waals surface area contributed by atoms with Crippen molar-refractivity contribution in [3.63, 3.8) is 0 Å². The Labute approximate surface area is 133 Å². The van der Waals surface area contributed by atoms with E-state index < -0.39 is 0 Å². The van der Waals surface area contributed by atoms with Crippen molar-refractivity contribution in [3.8, 4) is 0 Å². The Morgan fingerprint density at radius 1 is 1.50 bits per heavy atom. The average molecular weight is 319 g/mol. The van der Waals surface area contributed by atoms with E-state index in [1.54, 1.807) is 12.4 Å². The van der Waals surface area contributed by atoms with Crippen LogP contribution in [0.5, 0.6) is 0 Å². The van der Waals surface area contributed by atoms with Crippen molar-refractivity contribution in [3.05, 3.63) is 17.3 Å². The van der Waals surface area contributed by atoms with Crippen molar-refractivity contribution >= 4 is 33.3 Å². The number of amides is 1. The smallest absolute Gasteiger partial charge is 0.266 e. The summed E-state index contributed by atoms with van der Waals surface area (Å²) in [5.74, 6) is 0.431. The molecular formula is C15H21N5OS. The Hall–Kier alpha value is -1.73. The van der Waals surface area contributed by atoms with Crippen LogP contribution in [0.1, 0.15) is 29.4 Å². The van der Waals surface area contributed by atoms with Gasteiger partial charge in [-0.05, 0) is 12.3 Å². The van der Waals surface area contributed by atoms with Crippen LogP contribution in [0.15, 0.2) is 12.4 Å². The van der Waals surface area contributed by atoms with E-state index in [0.717, 1.165) is 42.0 Å². The summed E-state index contributed by atoms with van der Waals surface area (Å²) in [4.78, 5) is 25.0. The van der Waals surface area contributed by atoms with Crippen LogP contribution in [0.25, 0.3) is 10.3 Å². The van der Waals surface area contributed by atoms with Gasteiger partial charge in [-0.15, -0.1) is 11.3 Å². The third kappa shape index (κ3) is 2.55. The lowest BCUT2D eigenvalue weighted by molar-refractivity contribution is 0.0655. The van der Waals surface area contributed by atoms with Crippen molar-refractivity contribution in [2.24, 2.45) is 11.7 Å². The molecule has 0 spiro atoms. The van der Waals surface area contributed by atoms with Crippen LogP contribution < -0.4 is 11.1 Å². The van der Waals surface area contributed by atoms with Gasteiger partial charge in [0.15, 0.2) is 0 Å². The van der Waals surface area contributed by atoms with Crippen LogP contribution >= 0.6 is 11.3 Å². The predicted octanol–water partition coefficient (Wildman–Crippen LogP) is 1.93. The number of carbonyl (C=O) groups excluding carboxylic acids is 1. The number of hydrogen-bond acceptors (Lipinski definition) is 6. The minimum absolute atomic E-state index is 0.0551. The summed E-state index contributed by atoms with van der Waals surface area (Å²) >= 11 is 1.40. The molecular weight excluding hydrogens is 298 g/mol. The number of nitrogens with one attached hydrogen (secondary N) is 1. The number of hydrogen-bond donors (Lipinski definition) is 2. The maximum Gasteiger partial charge on any atom is 0.266 e. The summed E-state index contributed by atoms with van der Waals surface area (Å²) < 4.78 is 0. The molecule has 22 heavy (non-hydrogen) atoms. The summed E-state index contributed by atoms with van der Waals surface area (Å²) in [6.45, 7) is 3.58. The Morgan fingerprint density at radius 3 is 3.00 bits per heavy atom. The van der Waals surface area contributed by atoms with E-state index in [2.05, 4.69) is 22.2 Å². The molecule has 2 aromatic rings. The minimum Gasteiger partial charge on any atom is -0.385 e. The largest absolute Gasteiger partial charge is 0.385 e. The molecule has 1 aliphatic rings. The number of thiophene rings is 1. The molecule has 0 aliphatic carbocycles.